The molecule has 0 spiro atoms. The summed E-state index contributed by atoms with van der Waals surface area (Å²) in [5, 5.41) is 3.62. The van der Waals surface area contributed by atoms with Crippen LogP contribution in [0.15, 0.2) is 50.5 Å². The van der Waals surface area contributed by atoms with E-state index in [2.05, 4.69) is 42.2 Å². The minimum Gasteiger partial charge on any atom is -0.462 e. The molecule has 152 valence electrons. The van der Waals surface area contributed by atoms with Crippen LogP contribution in [-0.4, -0.2) is 33.8 Å². The van der Waals surface area contributed by atoms with E-state index in [0.29, 0.717) is 29.9 Å². The number of halogens is 2. The largest absolute Gasteiger partial charge is 0.462 e. The van der Waals surface area contributed by atoms with Crippen molar-refractivity contribution in [2.75, 3.05) is 17.7 Å². The number of ether oxygens (including phenoxy) is 1. The predicted octanol–water partition coefficient (Wildman–Crippen LogP) is 5.49. The summed E-state index contributed by atoms with van der Waals surface area (Å²) in [6.45, 7) is 4.82. The fourth-order valence-corrected chi connectivity index (χ4v) is 4.80. The van der Waals surface area contributed by atoms with E-state index in [0.717, 1.165) is 19.6 Å². The van der Waals surface area contributed by atoms with Crippen LogP contribution in [0.1, 0.15) is 24.2 Å². The molecule has 1 amide bonds. The van der Waals surface area contributed by atoms with Crippen molar-refractivity contribution in [2.24, 2.45) is 0 Å². The van der Waals surface area contributed by atoms with Crippen molar-refractivity contribution in [1.29, 1.82) is 0 Å². The molecule has 29 heavy (non-hydrogen) atoms. The molecule has 0 saturated carbocycles. The van der Waals surface area contributed by atoms with Gasteiger partial charge in [-0.15, -0.1) is 0 Å². The first-order valence-electron chi connectivity index (χ1n) is 8.98. The molecule has 3 rings (SSSR count). The Labute approximate surface area is 189 Å². The van der Waals surface area contributed by atoms with Crippen molar-refractivity contribution in [3.05, 3.63) is 50.9 Å². The first kappa shape index (κ1) is 21.9. The van der Waals surface area contributed by atoms with Gasteiger partial charge in [0.25, 0.3) is 0 Å². The van der Waals surface area contributed by atoms with E-state index < -0.39 is 0 Å². The quantitative estimate of drug-likeness (QED) is 0.317. The number of anilines is 1. The second kappa shape index (κ2) is 9.77. The summed E-state index contributed by atoms with van der Waals surface area (Å²) in [6.07, 6.45) is 0. The van der Waals surface area contributed by atoms with Crippen LogP contribution < -0.4 is 5.32 Å². The number of hydrogen-bond donors (Lipinski definition) is 1. The number of rotatable bonds is 7. The molecule has 2 aromatic carbocycles. The Bertz CT molecular complexity index is 1070. The van der Waals surface area contributed by atoms with Crippen LogP contribution in [0, 0.1) is 0 Å². The molecule has 0 fully saturated rings. The fourth-order valence-electron chi connectivity index (χ4n) is 2.77. The van der Waals surface area contributed by atoms with Crippen LogP contribution in [0.3, 0.4) is 0 Å². The molecule has 1 heterocycles. The number of benzene rings is 2. The maximum absolute atomic E-state index is 12.4. The maximum atomic E-state index is 12.4. The van der Waals surface area contributed by atoms with Crippen LogP contribution in [0.2, 0.25) is 0 Å². The number of thioether (sulfide) groups is 1. The topological polar surface area (TPSA) is 73.2 Å². The summed E-state index contributed by atoms with van der Waals surface area (Å²) < 4.78 is 8.81. The molecule has 0 unspecified atom stereocenters. The van der Waals surface area contributed by atoms with Gasteiger partial charge in [0, 0.05) is 15.5 Å². The van der Waals surface area contributed by atoms with Gasteiger partial charge >= 0.3 is 5.97 Å². The maximum Gasteiger partial charge on any atom is 0.338 e. The van der Waals surface area contributed by atoms with Crippen molar-refractivity contribution >= 4 is 72.2 Å². The third-order valence-electron chi connectivity index (χ3n) is 4.08. The number of nitrogens with zero attached hydrogens (tertiary/aromatic N) is 2. The molecule has 0 bridgehead atoms. The van der Waals surface area contributed by atoms with Gasteiger partial charge in [0.2, 0.25) is 5.91 Å². The first-order valence-corrected chi connectivity index (χ1v) is 11.5. The van der Waals surface area contributed by atoms with E-state index in [1.165, 1.54) is 11.8 Å². The molecular weight excluding hydrogens is 522 g/mol. The van der Waals surface area contributed by atoms with E-state index in [1.54, 1.807) is 19.1 Å². The summed E-state index contributed by atoms with van der Waals surface area (Å²) in [7, 11) is 0. The molecule has 0 saturated heterocycles. The lowest BCUT2D eigenvalue weighted by Gasteiger charge is -2.08. The average Bonchev–Trinajstić information content (AvgIpc) is 3.05. The molecule has 0 aliphatic rings. The van der Waals surface area contributed by atoms with Gasteiger partial charge in [0.1, 0.15) is 0 Å². The van der Waals surface area contributed by atoms with Gasteiger partial charge < -0.3 is 14.6 Å². The summed E-state index contributed by atoms with van der Waals surface area (Å²) in [5.74, 6) is -0.273. The Kier molecular flexibility index (Phi) is 7.37. The number of imidazole rings is 1. The SMILES string of the molecule is CCOC(=O)c1ccc2c(c1)nc(SCC(=O)Nc1ccc(Br)cc1Br)n2CC. The highest BCUT2D eigenvalue weighted by molar-refractivity contribution is 9.11. The molecule has 0 aliphatic heterocycles. The van der Waals surface area contributed by atoms with Gasteiger partial charge in [0.15, 0.2) is 5.16 Å². The zero-order chi connectivity index (χ0) is 21.0. The van der Waals surface area contributed by atoms with Crippen molar-refractivity contribution in [1.82, 2.24) is 9.55 Å². The molecule has 1 aromatic heterocycles. The second-order valence-corrected chi connectivity index (χ2v) is 8.74. The number of esters is 1. The highest BCUT2D eigenvalue weighted by Gasteiger charge is 2.15. The van der Waals surface area contributed by atoms with Gasteiger partial charge in [-0.05, 0) is 66.2 Å². The highest BCUT2D eigenvalue weighted by Crippen LogP contribution is 2.28. The molecule has 9 heteroatoms. The molecule has 0 aliphatic carbocycles. The van der Waals surface area contributed by atoms with Crippen LogP contribution >= 0.6 is 43.6 Å². The number of amides is 1. The zero-order valence-corrected chi connectivity index (χ0v) is 19.9. The number of fused-ring (bicyclic) bond motifs is 1. The third kappa shape index (κ3) is 5.21. The van der Waals surface area contributed by atoms with Crippen LogP contribution in [0.5, 0.6) is 0 Å². The fraction of sp³-hybridized carbons (Fsp3) is 0.250. The number of carbonyl (C=O) groups is 2. The number of carbonyl (C=O) groups excluding carboxylic acids is 2. The Morgan fingerprint density at radius 1 is 1.17 bits per heavy atom. The summed E-state index contributed by atoms with van der Waals surface area (Å²) in [4.78, 5) is 29.0. The van der Waals surface area contributed by atoms with Gasteiger partial charge in [-0.1, -0.05) is 27.7 Å². The van der Waals surface area contributed by atoms with E-state index in [9.17, 15) is 9.59 Å². The third-order valence-corrected chi connectivity index (χ3v) is 6.20. The highest BCUT2D eigenvalue weighted by atomic mass is 79.9. The smallest absolute Gasteiger partial charge is 0.338 e. The molecule has 0 radical (unpaired) electrons. The van der Waals surface area contributed by atoms with Crippen LogP contribution in [-0.2, 0) is 16.1 Å². The minimum atomic E-state index is -0.367. The van der Waals surface area contributed by atoms with E-state index in [-0.39, 0.29) is 17.6 Å². The lowest BCUT2D eigenvalue weighted by atomic mass is 10.2. The molecule has 3 aromatic rings. The Hall–Kier alpha value is -1.84. The van der Waals surface area contributed by atoms with Crippen LogP contribution in [0.4, 0.5) is 5.69 Å². The van der Waals surface area contributed by atoms with E-state index in [4.69, 9.17) is 4.74 Å². The Morgan fingerprint density at radius 2 is 1.97 bits per heavy atom. The van der Waals surface area contributed by atoms with Gasteiger partial charge in [-0.25, -0.2) is 9.78 Å². The average molecular weight is 541 g/mol. The van der Waals surface area contributed by atoms with Crippen molar-refractivity contribution < 1.29 is 14.3 Å². The minimum absolute atomic E-state index is 0.125. The van der Waals surface area contributed by atoms with Gasteiger partial charge in [-0.3, -0.25) is 4.79 Å². The second-order valence-electron chi connectivity index (χ2n) is 6.02. The van der Waals surface area contributed by atoms with Gasteiger partial charge in [0.05, 0.1) is 34.6 Å². The summed E-state index contributed by atoms with van der Waals surface area (Å²) in [6, 6.07) is 10.9. The molecule has 0 atom stereocenters. The van der Waals surface area contributed by atoms with E-state index >= 15 is 0 Å². The molecule has 6 nitrogen and oxygen atoms in total. The van der Waals surface area contributed by atoms with Gasteiger partial charge in [-0.2, -0.15) is 0 Å². The van der Waals surface area contributed by atoms with Crippen molar-refractivity contribution in [3.8, 4) is 0 Å². The van der Waals surface area contributed by atoms with Crippen molar-refractivity contribution in [3.63, 3.8) is 0 Å². The molecular formula is C20H19Br2N3O3S. The van der Waals surface area contributed by atoms with E-state index in [1.807, 2.05) is 35.8 Å². The Morgan fingerprint density at radius 3 is 2.66 bits per heavy atom. The number of aromatic nitrogens is 2. The monoisotopic (exact) mass is 539 g/mol. The lowest BCUT2D eigenvalue weighted by molar-refractivity contribution is -0.113. The summed E-state index contributed by atoms with van der Waals surface area (Å²) in [5.41, 5.74) is 2.80. The van der Waals surface area contributed by atoms with Crippen LogP contribution in [0.25, 0.3) is 11.0 Å². The number of hydrogen-bond acceptors (Lipinski definition) is 5. The standard InChI is InChI=1S/C20H19Br2N3O3S/c1-3-25-17-8-5-12(19(27)28-4-2)9-16(17)24-20(25)29-11-18(26)23-15-7-6-13(21)10-14(15)22/h5-10H,3-4,11H2,1-2H3,(H,23,26). The summed E-state index contributed by atoms with van der Waals surface area (Å²) >= 11 is 8.19. The lowest BCUT2D eigenvalue weighted by Crippen LogP contribution is -2.15. The normalized spacial score (nSPS) is 10.9. The number of aryl methyl sites for hydroxylation is 1. The Balaban J connectivity index is 1.75. The zero-order valence-electron chi connectivity index (χ0n) is 15.9. The van der Waals surface area contributed by atoms with Crippen molar-refractivity contribution in [2.45, 2.75) is 25.5 Å². The first-order chi connectivity index (χ1) is 13.9. The molecule has 1 N–H and O–H groups in total. The predicted molar refractivity (Wildman–Crippen MR) is 123 cm³/mol. The number of nitrogens with one attached hydrogen (secondary N) is 1.